The van der Waals surface area contributed by atoms with Crippen LogP contribution in [-0.4, -0.2) is 0 Å². The largest absolute Gasteiger partial charge is 0.125 e. The Morgan fingerprint density at radius 1 is 0.889 bits per heavy atom. The van der Waals surface area contributed by atoms with Crippen molar-refractivity contribution in [3.8, 4) is 0 Å². The molecule has 0 fully saturated rings. The molecule has 0 aliphatic heterocycles. The van der Waals surface area contributed by atoms with Crippen LogP contribution in [0.1, 0.15) is 84.0 Å². The zero-order chi connectivity index (χ0) is 12.9. The van der Waals surface area contributed by atoms with Crippen LogP contribution in [0.2, 0.25) is 0 Å². The van der Waals surface area contributed by atoms with Crippen LogP contribution in [0.15, 0.2) is 29.5 Å². The van der Waals surface area contributed by atoms with E-state index in [-0.39, 0.29) is 0 Å². The fourth-order valence-electron chi connectivity index (χ4n) is 2.43. The van der Waals surface area contributed by atoms with Gasteiger partial charge in [-0.1, -0.05) is 70.4 Å². The molecule has 0 atom stereocenters. The van der Waals surface area contributed by atoms with E-state index in [9.17, 15) is 0 Å². The highest BCUT2D eigenvalue weighted by Crippen LogP contribution is 2.15. The van der Waals surface area contributed by atoms with E-state index in [1.165, 1.54) is 69.8 Å². The maximum atomic E-state index is 3.44. The highest BCUT2D eigenvalue weighted by molar-refractivity contribution is 5.17. The molecule has 0 amide bonds. The van der Waals surface area contributed by atoms with Gasteiger partial charge in [-0.2, -0.15) is 0 Å². The maximum absolute atomic E-state index is 3.44. The summed E-state index contributed by atoms with van der Waals surface area (Å²) in [6.45, 7) is 2.28. The van der Waals surface area contributed by atoms with Gasteiger partial charge >= 0.3 is 0 Å². The summed E-state index contributed by atoms with van der Waals surface area (Å²) in [4.78, 5) is 0. The van der Waals surface area contributed by atoms with Gasteiger partial charge in [0.05, 0.1) is 0 Å². The lowest BCUT2D eigenvalue weighted by molar-refractivity contribution is 0.566. The minimum Gasteiger partial charge on any atom is -0.125 e. The molecule has 0 bridgehead atoms. The van der Waals surface area contributed by atoms with Gasteiger partial charge in [0.15, 0.2) is 0 Å². The maximum Gasteiger partial charge on any atom is -0.00594 e. The molecule has 102 valence electrons. The molecule has 0 saturated heterocycles. The second-order valence-electron chi connectivity index (χ2n) is 5.45. The van der Waals surface area contributed by atoms with E-state index in [0.29, 0.717) is 0 Å². The number of hydrogen-bond donors (Lipinski definition) is 0. The average Bonchev–Trinajstić information content (AvgIpc) is 2.89. The molecule has 1 aliphatic rings. The van der Waals surface area contributed by atoms with Gasteiger partial charge in [-0.3, -0.25) is 0 Å². The highest BCUT2D eigenvalue weighted by Gasteiger charge is 1.96. The van der Waals surface area contributed by atoms with Crippen molar-refractivity contribution in [3.05, 3.63) is 29.5 Å². The van der Waals surface area contributed by atoms with Gasteiger partial charge < -0.3 is 0 Å². The number of unbranched alkanes of at least 4 members (excludes halogenated alkanes) is 9. The van der Waals surface area contributed by atoms with E-state index in [4.69, 9.17) is 0 Å². The van der Waals surface area contributed by atoms with Crippen LogP contribution in [0.25, 0.3) is 0 Å². The first kappa shape index (κ1) is 15.3. The second kappa shape index (κ2) is 11.4. The van der Waals surface area contributed by atoms with Gasteiger partial charge in [0.2, 0.25) is 0 Å². The highest BCUT2D eigenvalue weighted by atomic mass is 14.0. The van der Waals surface area contributed by atoms with Crippen molar-refractivity contribution < 1.29 is 0 Å². The zero-order valence-electron chi connectivity index (χ0n) is 12.2. The normalized spacial score (nSPS) is 13.9. The summed E-state index contributed by atoms with van der Waals surface area (Å²) in [5.41, 5.74) is 4.90. The Bertz CT molecular complexity index is 266. The minimum absolute atomic E-state index is 1.13. The predicted octanol–water partition coefficient (Wildman–Crippen LogP) is 6.34. The lowest BCUT2D eigenvalue weighted by Gasteiger charge is -2.00. The summed E-state index contributed by atoms with van der Waals surface area (Å²) >= 11 is 0. The first-order valence-electron chi connectivity index (χ1n) is 8.01. The van der Waals surface area contributed by atoms with Crippen molar-refractivity contribution in [2.45, 2.75) is 84.0 Å². The van der Waals surface area contributed by atoms with Crippen molar-refractivity contribution in [1.29, 1.82) is 0 Å². The number of allylic oxidation sites excluding steroid dienone is 3. The standard InChI is InChI=1S/C18H30/c1-2-3-4-5-6-7-8-9-10-11-12-15-18-16-13-14-17-18/h12-14H,2-11,16-17H2,1H3. The molecule has 18 heavy (non-hydrogen) atoms. The van der Waals surface area contributed by atoms with E-state index in [1.54, 1.807) is 0 Å². The molecule has 1 rings (SSSR count). The van der Waals surface area contributed by atoms with Crippen molar-refractivity contribution in [2.75, 3.05) is 0 Å². The van der Waals surface area contributed by atoms with Crippen LogP contribution in [0.4, 0.5) is 0 Å². The monoisotopic (exact) mass is 246 g/mol. The average molecular weight is 246 g/mol. The van der Waals surface area contributed by atoms with Crippen LogP contribution in [0, 0.1) is 0 Å². The Morgan fingerprint density at radius 2 is 1.44 bits per heavy atom. The van der Waals surface area contributed by atoms with Crippen LogP contribution in [0.5, 0.6) is 0 Å². The molecule has 0 aromatic carbocycles. The van der Waals surface area contributed by atoms with Crippen LogP contribution in [0.3, 0.4) is 0 Å². The topological polar surface area (TPSA) is 0 Å². The van der Waals surface area contributed by atoms with E-state index in [1.807, 2.05) is 0 Å². The molecule has 0 N–H and O–H groups in total. The molecule has 0 aromatic heterocycles. The van der Waals surface area contributed by atoms with Crippen molar-refractivity contribution in [3.63, 3.8) is 0 Å². The Morgan fingerprint density at radius 3 is 2.06 bits per heavy atom. The summed E-state index contributed by atoms with van der Waals surface area (Å²) < 4.78 is 0. The fourth-order valence-corrected chi connectivity index (χ4v) is 2.43. The van der Waals surface area contributed by atoms with Crippen molar-refractivity contribution in [1.82, 2.24) is 0 Å². The third-order valence-corrected chi connectivity index (χ3v) is 3.65. The van der Waals surface area contributed by atoms with Gasteiger partial charge in [-0.15, -0.1) is 5.73 Å². The molecule has 0 unspecified atom stereocenters. The van der Waals surface area contributed by atoms with E-state index in [2.05, 4.69) is 30.9 Å². The zero-order valence-corrected chi connectivity index (χ0v) is 12.2. The van der Waals surface area contributed by atoms with Gasteiger partial charge in [0, 0.05) is 0 Å². The van der Waals surface area contributed by atoms with Gasteiger partial charge in [0.1, 0.15) is 0 Å². The van der Waals surface area contributed by atoms with E-state index < -0.39 is 0 Å². The lowest BCUT2D eigenvalue weighted by Crippen LogP contribution is -1.80. The summed E-state index contributed by atoms with van der Waals surface area (Å²) in [5.74, 6) is 0. The SMILES string of the molecule is CCCCCCCCCCCC=C=C1CC=CC1. The quantitative estimate of drug-likeness (QED) is 0.240. The van der Waals surface area contributed by atoms with Gasteiger partial charge in [-0.25, -0.2) is 0 Å². The Balaban J connectivity index is 1.82. The minimum atomic E-state index is 1.13. The Labute approximate surface area is 114 Å². The molecule has 0 radical (unpaired) electrons. The summed E-state index contributed by atoms with van der Waals surface area (Å²) in [6.07, 6.45) is 23.0. The molecule has 1 aliphatic carbocycles. The fraction of sp³-hybridized carbons (Fsp3) is 0.722. The molecule has 0 heterocycles. The number of rotatable bonds is 10. The molecule has 0 spiro atoms. The molecule has 0 heteroatoms. The lowest BCUT2D eigenvalue weighted by atomic mass is 10.1. The van der Waals surface area contributed by atoms with Crippen LogP contribution >= 0.6 is 0 Å². The second-order valence-corrected chi connectivity index (χ2v) is 5.45. The number of hydrogen-bond acceptors (Lipinski definition) is 0. The van der Waals surface area contributed by atoms with E-state index >= 15 is 0 Å². The molecular weight excluding hydrogens is 216 g/mol. The van der Waals surface area contributed by atoms with Crippen LogP contribution < -0.4 is 0 Å². The third kappa shape index (κ3) is 8.37. The summed E-state index contributed by atoms with van der Waals surface area (Å²) in [5, 5.41) is 0. The third-order valence-electron chi connectivity index (χ3n) is 3.65. The summed E-state index contributed by atoms with van der Waals surface area (Å²) in [7, 11) is 0. The van der Waals surface area contributed by atoms with Crippen molar-refractivity contribution >= 4 is 0 Å². The Kier molecular flexibility index (Phi) is 9.66. The molecule has 0 nitrogen and oxygen atoms in total. The molecule has 0 saturated carbocycles. The predicted molar refractivity (Wildman–Crippen MR) is 81.8 cm³/mol. The first-order valence-corrected chi connectivity index (χ1v) is 8.01. The summed E-state index contributed by atoms with van der Waals surface area (Å²) in [6, 6.07) is 0. The van der Waals surface area contributed by atoms with E-state index in [0.717, 1.165) is 12.8 Å². The van der Waals surface area contributed by atoms with Gasteiger partial charge in [-0.05, 0) is 37.3 Å². The molecule has 0 aromatic rings. The van der Waals surface area contributed by atoms with Gasteiger partial charge in [0.25, 0.3) is 0 Å². The Hall–Kier alpha value is -0.740. The molecular formula is C18H30. The first-order chi connectivity index (χ1) is 8.93. The smallest absolute Gasteiger partial charge is 0.00594 e. The van der Waals surface area contributed by atoms with Crippen LogP contribution in [-0.2, 0) is 0 Å². The van der Waals surface area contributed by atoms with Crippen molar-refractivity contribution in [2.24, 2.45) is 0 Å².